The van der Waals surface area contributed by atoms with Crippen LogP contribution in [0.5, 0.6) is 0 Å². The monoisotopic (exact) mass is 285 g/mol. The molecule has 1 aliphatic carbocycles. The highest BCUT2D eigenvalue weighted by atomic mass is 16.2. The van der Waals surface area contributed by atoms with Crippen molar-refractivity contribution in [2.45, 2.75) is 45.4 Å². The lowest BCUT2D eigenvalue weighted by Crippen LogP contribution is -2.22. The van der Waals surface area contributed by atoms with E-state index >= 15 is 0 Å². The minimum atomic E-state index is -0.155. The Morgan fingerprint density at radius 1 is 1.29 bits per heavy atom. The average molecular weight is 285 g/mol. The second kappa shape index (κ2) is 7.85. The van der Waals surface area contributed by atoms with Crippen molar-refractivity contribution in [2.75, 3.05) is 11.9 Å². The van der Waals surface area contributed by atoms with Crippen LogP contribution in [-0.2, 0) is 4.79 Å². The van der Waals surface area contributed by atoms with Crippen LogP contribution in [0.15, 0.2) is 18.2 Å². The number of carbonyl (C=O) groups is 1. The first kappa shape index (κ1) is 15.6. The van der Waals surface area contributed by atoms with E-state index in [-0.39, 0.29) is 18.4 Å². The first-order valence-corrected chi connectivity index (χ1v) is 7.72. The fraction of sp³-hybridized carbons (Fsp3) is 0.500. The van der Waals surface area contributed by atoms with Crippen molar-refractivity contribution in [3.05, 3.63) is 29.3 Å². The van der Waals surface area contributed by atoms with Crippen molar-refractivity contribution in [1.29, 1.82) is 0 Å². The molecule has 0 bridgehead atoms. The van der Waals surface area contributed by atoms with Gasteiger partial charge in [0.2, 0.25) is 5.91 Å². The zero-order chi connectivity index (χ0) is 15.1. The minimum absolute atomic E-state index is 0.132. The van der Waals surface area contributed by atoms with Gasteiger partial charge in [-0.05, 0) is 37.5 Å². The topological polar surface area (TPSA) is 49.3 Å². The summed E-state index contributed by atoms with van der Waals surface area (Å²) < 4.78 is 0. The fourth-order valence-corrected chi connectivity index (χ4v) is 2.75. The van der Waals surface area contributed by atoms with Crippen molar-refractivity contribution in [1.82, 2.24) is 0 Å². The summed E-state index contributed by atoms with van der Waals surface area (Å²) in [5, 5.41) is 11.8. The molecular formula is C18H23NO2. The molecule has 0 saturated heterocycles. The van der Waals surface area contributed by atoms with Gasteiger partial charge < -0.3 is 10.4 Å². The largest absolute Gasteiger partial charge is 0.384 e. The Kier molecular flexibility index (Phi) is 5.83. The number of anilines is 1. The van der Waals surface area contributed by atoms with E-state index in [4.69, 9.17) is 5.11 Å². The summed E-state index contributed by atoms with van der Waals surface area (Å²) in [6.45, 7) is 1.82. The molecule has 0 atom stereocenters. The number of carbonyl (C=O) groups excluding carboxylic acids is 1. The summed E-state index contributed by atoms with van der Waals surface area (Å²) in [4.78, 5) is 12.4. The number of hydrogen-bond acceptors (Lipinski definition) is 2. The molecular weight excluding hydrogens is 262 g/mol. The molecule has 2 rings (SSSR count). The van der Waals surface area contributed by atoms with Crippen molar-refractivity contribution < 1.29 is 9.90 Å². The standard InChI is InChI=1S/C18H23NO2/c1-14-10-11-15(7-6-12-20)13-17(14)19-18(21)16-8-4-2-3-5-9-16/h10-11,13,16,20H,2-5,8-9,12H2,1H3,(H,19,21). The lowest BCUT2D eigenvalue weighted by molar-refractivity contribution is -0.120. The number of aliphatic hydroxyl groups is 1. The quantitative estimate of drug-likeness (QED) is 0.647. The van der Waals surface area contributed by atoms with Crippen molar-refractivity contribution in [2.24, 2.45) is 5.92 Å². The summed E-state index contributed by atoms with van der Waals surface area (Å²) in [6.07, 6.45) is 6.78. The molecule has 0 aromatic heterocycles. The molecule has 0 spiro atoms. The Balaban J connectivity index is 2.08. The highest BCUT2D eigenvalue weighted by Gasteiger charge is 2.20. The Labute approximate surface area is 126 Å². The molecule has 0 aliphatic heterocycles. The third kappa shape index (κ3) is 4.61. The summed E-state index contributed by atoms with van der Waals surface area (Å²) in [6, 6.07) is 5.73. The highest BCUT2D eigenvalue weighted by molar-refractivity contribution is 5.93. The zero-order valence-corrected chi connectivity index (χ0v) is 12.6. The van der Waals surface area contributed by atoms with Crippen LogP contribution in [0.25, 0.3) is 0 Å². The Morgan fingerprint density at radius 3 is 2.67 bits per heavy atom. The van der Waals surface area contributed by atoms with Crippen LogP contribution in [0.1, 0.15) is 49.7 Å². The van der Waals surface area contributed by atoms with Crippen LogP contribution >= 0.6 is 0 Å². The van der Waals surface area contributed by atoms with Crippen molar-refractivity contribution in [3.8, 4) is 11.8 Å². The van der Waals surface area contributed by atoms with Crippen molar-refractivity contribution in [3.63, 3.8) is 0 Å². The lowest BCUT2D eigenvalue weighted by Gasteiger charge is -2.15. The van der Waals surface area contributed by atoms with Gasteiger partial charge in [0.05, 0.1) is 0 Å². The van der Waals surface area contributed by atoms with Crippen LogP contribution < -0.4 is 5.32 Å². The van der Waals surface area contributed by atoms with Crippen molar-refractivity contribution >= 4 is 11.6 Å². The molecule has 1 amide bonds. The van der Waals surface area contributed by atoms with E-state index in [1.165, 1.54) is 12.8 Å². The molecule has 21 heavy (non-hydrogen) atoms. The van der Waals surface area contributed by atoms with Crippen LogP contribution in [0.4, 0.5) is 5.69 Å². The van der Waals surface area contributed by atoms with E-state index in [1.807, 2.05) is 25.1 Å². The number of rotatable bonds is 2. The molecule has 0 unspecified atom stereocenters. The molecule has 1 saturated carbocycles. The number of amides is 1. The van der Waals surface area contributed by atoms with E-state index < -0.39 is 0 Å². The normalized spacial score (nSPS) is 15.7. The van der Waals surface area contributed by atoms with Gasteiger partial charge in [0.1, 0.15) is 6.61 Å². The van der Waals surface area contributed by atoms with Gasteiger partial charge in [0.15, 0.2) is 0 Å². The first-order chi connectivity index (χ1) is 10.2. The molecule has 1 aliphatic rings. The number of aryl methyl sites for hydroxylation is 1. The molecule has 1 aromatic carbocycles. The van der Waals surface area contributed by atoms with Gasteiger partial charge in [0, 0.05) is 17.2 Å². The van der Waals surface area contributed by atoms with Crippen LogP contribution in [0.2, 0.25) is 0 Å². The maximum absolute atomic E-state index is 12.4. The van der Waals surface area contributed by atoms with Gasteiger partial charge in [0.25, 0.3) is 0 Å². The molecule has 1 aromatic rings. The average Bonchev–Trinajstić information content (AvgIpc) is 2.77. The van der Waals surface area contributed by atoms with Crippen LogP contribution in [0, 0.1) is 24.7 Å². The fourth-order valence-electron chi connectivity index (χ4n) is 2.75. The molecule has 0 radical (unpaired) electrons. The number of aliphatic hydroxyl groups excluding tert-OH is 1. The Bertz CT molecular complexity index is 546. The van der Waals surface area contributed by atoms with E-state index in [1.54, 1.807) is 0 Å². The Hall–Kier alpha value is -1.79. The van der Waals surface area contributed by atoms with E-state index in [0.717, 1.165) is 42.5 Å². The highest BCUT2D eigenvalue weighted by Crippen LogP contribution is 2.25. The molecule has 1 fully saturated rings. The third-order valence-electron chi connectivity index (χ3n) is 4.03. The van der Waals surface area contributed by atoms with Gasteiger partial charge >= 0.3 is 0 Å². The third-order valence-corrected chi connectivity index (χ3v) is 4.03. The minimum Gasteiger partial charge on any atom is -0.384 e. The zero-order valence-electron chi connectivity index (χ0n) is 12.6. The second-order valence-electron chi connectivity index (χ2n) is 5.67. The predicted octanol–water partition coefficient (Wildman–Crippen LogP) is 3.25. The van der Waals surface area contributed by atoms with Gasteiger partial charge in [-0.15, -0.1) is 0 Å². The SMILES string of the molecule is Cc1ccc(C#CCO)cc1NC(=O)C1CCCCCC1. The van der Waals surface area contributed by atoms with E-state index in [9.17, 15) is 4.79 Å². The Morgan fingerprint density at radius 2 is 2.00 bits per heavy atom. The van der Waals surface area contributed by atoms with E-state index in [2.05, 4.69) is 17.2 Å². The molecule has 0 heterocycles. The van der Waals surface area contributed by atoms with Crippen LogP contribution in [-0.4, -0.2) is 17.6 Å². The number of benzene rings is 1. The second-order valence-corrected chi connectivity index (χ2v) is 5.67. The molecule has 3 nitrogen and oxygen atoms in total. The van der Waals surface area contributed by atoms with Gasteiger partial charge in [-0.3, -0.25) is 4.79 Å². The summed E-state index contributed by atoms with van der Waals surface area (Å²) in [5.74, 6) is 5.77. The van der Waals surface area contributed by atoms with Gasteiger partial charge in [-0.25, -0.2) is 0 Å². The molecule has 2 N–H and O–H groups in total. The molecule has 112 valence electrons. The maximum Gasteiger partial charge on any atom is 0.227 e. The molecule has 3 heteroatoms. The number of hydrogen-bond donors (Lipinski definition) is 2. The smallest absolute Gasteiger partial charge is 0.227 e. The van der Waals surface area contributed by atoms with Crippen LogP contribution in [0.3, 0.4) is 0 Å². The number of nitrogens with one attached hydrogen (secondary N) is 1. The lowest BCUT2D eigenvalue weighted by atomic mass is 9.99. The van der Waals surface area contributed by atoms with E-state index in [0.29, 0.717) is 0 Å². The first-order valence-electron chi connectivity index (χ1n) is 7.72. The summed E-state index contributed by atoms with van der Waals surface area (Å²) >= 11 is 0. The van der Waals surface area contributed by atoms with Gasteiger partial charge in [-0.2, -0.15) is 0 Å². The maximum atomic E-state index is 12.4. The summed E-state index contributed by atoms with van der Waals surface area (Å²) in [7, 11) is 0. The summed E-state index contributed by atoms with van der Waals surface area (Å²) in [5.41, 5.74) is 2.67. The van der Waals surface area contributed by atoms with Gasteiger partial charge in [-0.1, -0.05) is 43.6 Å². The predicted molar refractivity (Wildman–Crippen MR) is 85.0 cm³/mol.